The number of nitrogens with zero attached hydrogens (tertiary/aromatic N) is 2. The minimum Gasteiger partial charge on any atom is -0.490 e. The van der Waals surface area contributed by atoms with Crippen LogP contribution in [0.2, 0.25) is 0 Å². The highest BCUT2D eigenvalue weighted by atomic mass is 79.9. The third-order valence-corrected chi connectivity index (χ3v) is 3.29. The lowest BCUT2D eigenvalue weighted by molar-refractivity contribution is -0.139. The molecule has 4 N–H and O–H groups in total. The van der Waals surface area contributed by atoms with Crippen LogP contribution in [0.3, 0.4) is 0 Å². The molecule has 0 spiro atoms. The zero-order valence-corrected chi connectivity index (χ0v) is 13.6. The van der Waals surface area contributed by atoms with Crippen molar-refractivity contribution in [3.63, 3.8) is 0 Å². The number of ether oxygens (including phenoxy) is 2. The van der Waals surface area contributed by atoms with Crippen molar-refractivity contribution in [2.75, 3.05) is 13.2 Å². The zero-order chi connectivity index (χ0) is 17.0. The van der Waals surface area contributed by atoms with E-state index in [1.165, 1.54) is 0 Å². The Balaban J connectivity index is 2.49. The summed E-state index contributed by atoms with van der Waals surface area (Å²) < 4.78 is 11.1. The van der Waals surface area contributed by atoms with Gasteiger partial charge in [-0.05, 0) is 35.0 Å². The SMILES string of the molecule is CCOc1cc(-c2n[nH]nc2C(N)=O)cc(Br)c1OCC(=O)O. The number of rotatable bonds is 7. The van der Waals surface area contributed by atoms with Crippen molar-refractivity contribution < 1.29 is 24.2 Å². The number of aromatic amines is 1. The molecule has 0 bridgehead atoms. The number of hydrogen-bond donors (Lipinski definition) is 3. The quantitative estimate of drug-likeness (QED) is 0.650. The second kappa shape index (κ2) is 7.09. The number of nitrogens with one attached hydrogen (secondary N) is 1. The summed E-state index contributed by atoms with van der Waals surface area (Å²) in [5.74, 6) is -1.30. The third kappa shape index (κ3) is 3.77. The molecule has 10 heteroatoms. The molecule has 122 valence electrons. The van der Waals surface area contributed by atoms with Crippen LogP contribution < -0.4 is 15.2 Å². The molecule has 23 heavy (non-hydrogen) atoms. The van der Waals surface area contributed by atoms with Gasteiger partial charge in [-0.25, -0.2) is 4.79 Å². The lowest BCUT2D eigenvalue weighted by Crippen LogP contribution is -2.13. The number of carboxylic acid groups (broad SMARTS) is 1. The van der Waals surface area contributed by atoms with Crippen LogP contribution in [0, 0.1) is 0 Å². The van der Waals surface area contributed by atoms with Crippen molar-refractivity contribution in [3.05, 3.63) is 22.3 Å². The molecule has 0 saturated heterocycles. The van der Waals surface area contributed by atoms with Crippen molar-refractivity contribution in [2.45, 2.75) is 6.92 Å². The molecule has 1 aromatic heterocycles. The largest absolute Gasteiger partial charge is 0.490 e. The Morgan fingerprint density at radius 3 is 2.70 bits per heavy atom. The second-order valence-electron chi connectivity index (χ2n) is 4.29. The van der Waals surface area contributed by atoms with Gasteiger partial charge in [-0.3, -0.25) is 4.79 Å². The summed E-state index contributed by atoms with van der Waals surface area (Å²) in [5.41, 5.74) is 5.99. The fourth-order valence-corrected chi connectivity index (χ4v) is 2.40. The minimum absolute atomic E-state index is 0.0152. The summed E-state index contributed by atoms with van der Waals surface area (Å²) in [6.07, 6.45) is 0. The molecule has 0 unspecified atom stereocenters. The van der Waals surface area contributed by atoms with Gasteiger partial charge in [0.25, 0.3) is 5.91 Å². The molecular formula is C13H13BrN4O5. The summed E-state index contributed by atoms with van der Waals surface area (Å²) in [5, 5.41) is 18.7. The second-order valence-corrected chi connectivity index (χ2v) is 5.14. The summed E-state index contributed by atoms with van der Waals surface area (Å²) in [6.45, 7) is 1.59. The first-order valence-electron chi connectivity index (χ1n) is 6.45. The lowest BCUT2D eigenvalue weighted by Gasteiger charge is -2.14. The van der Waals surface area contributed by atoms with Gasteiger partial charge in [0.05, 0.1) is 11.1 Å². The monoisotopic (exact) mass is 384 g/mol. The fraction of sp³-hybridized carbons (Fsp3) is 0.231. The van der Waals surface area contributed by atoms with E-state index in [-0.39, 0.29) is 17.1 Å². The van der Waals surface area contributed by atoms with Crippen LogP contribution in [0.5, 0.6) is 11.5 Å². The number of aromatic nitrogens is 3. The maximum absolute atomic E-state index is 11.4. The van der Waals surface area contributed by atoms with Crippen LogP contribution in [0.25, 0.3) is 11.3 Å². The molecule has 0 aliphatic heterocycles. The summed E-state index contributed by atoms with van der Waals surface area (Å²) in [4.78, 5) is 22.0. The first-order valence-corrected chi connectivity index (χ1v) is 7.25. The number of carboxylic acids is 1. The highest BCUT2D eigenvalue weighted by Crippen LogP contribution is 2.39. The molecule has 2 rings (SSSR count). The molecule has 0 radical (unpaired) electrons. The summed E-state index contributed by atoms with van der Waals surface area (Å²) in [7, 11) is 0. The van der Waals surface area contributed by atoms with Gasteiger partial charge in [-0.2, -0.15) is 15.4 Å². The van der Waals surface area contributed by atoms with E-state index in [2.05, 4.69) is 31.3 Å². The molecule has 1 amide bonds. The standard InChI is InChI=1S/C13H13BrN4O5/c1-2-22-8-4-6(10-11(13(15)21)17-18-16-10)3-7(14)12(8)23-5-9(19)20/h3-4H,2,5H2,1H3,(H2,15,21)(H,19,20)(H,16,17,18). The average molecular weight is 385 g/mol. The van der Waals surface area contributed by atoms with E-state index in [1.54, 1.807) is 19.1 Å². The van der Waals surface area contributed by atoms with Gasteiger partial charge in [0.15, 0.2) is 23.8 Å². The van der Waals surface area contributed by atoms with E-state index in [0.29, 0.717) is 22.4 Å². The molecule has 0 atom stereocenters. The molecular weight excluding hydrogens is 372 g/mol. The predicted molar refractivity (Wildman–Crippen MR) is 82.3 cm³/mol. The van der Waals surface area contributed by atoms with Gasteiger partial charge in [0, 0.05) is 5.56 Å². The van der Waals surface area contributed by atoms with Crippen LogP contribution in [0.15, 0.2) is 16.6 Å². The van der Waals surface area contributed by atoms with E-state index in [4.69, 9.17) is 20.3 Å². The predicted octanol–water partition coefficient (Wildman–Crippen LogP) is 1.20. The molecule has 0 aliphatic carbocycles. The van der Waals surface area contributed by atoms with Crippen molar-refractivity contribution in [3.8, 4) is 22.8 Å². The number of carbonyl (C=O) groups is 2. The maximum atomic E-state index is 11.4. The molecule has 0 saturated carbocycles. The highest BCUT2D eigenvalue weighted by molar-refractivity contribution is 9.10. The number of benzene rings is 1. The molecule has 1 heterocycles. The van der Waals surface area contributed by atoms with Crippen molar-refractivity contribution in [2.24, 2.45) is 5.73 Å². The Labute approximate surface area is 138 Å². The number of hydrogen-bond acceptors (Lipinski definition) is 6. The van der Waals surface area contributed by atoms with Crippen LogP contribution in [-0.4, -0.2) is 45.6 Å². The first-order chi connectivity index (χ1) is 10.9. The van der Waals surface area contributed by atoms with Crippen molar-refractivity contribution in [1.82, 2.24) is 15.4 Å². The van der Waals surface area contributed by atoms with E-state index >= 15 is 0 Å². The van der Waals surface area contributed by atoms with Gasteiger partial charge in [-0.1, -0.05) is 0 Å². The van der Waals surface area contributed by atoms with Gasteiger partial charge in [0.1, 0.15) is 5.69 Å². The average Bonchev–Trinajstić information content (AvgIpc) is 2.95. The van der Waals surface area contributed by atoms with Crippen LogP contribution in [0.1, 0.15) is 17.4 Å². The van der Waals surface area contributed by atoms with E-state index in [9.17, 15) is 9.59 Å². The number of carbonyl (C=O) groups excluding carboxylic acids is 1. The lowest BCUT2D eigenvalue weighted by atomic mass is 10.1. The fourth-order valence-electron chi connectivity index (χ4n) is 1.85. The summed E-state index contributed by atoms with van der Waals surface area (Å²) >= 11 is 3.29. The van der Waals surface area contributed by atoms with E-state index < -0.39 is 18.5 Å². The minimum atomic E-state index is -1.11. The normalized spacial score (nSPS) is 10.3. The Bertz CT molecular complexity index is 746. The third-order valence-electron chi connectivity index (χ3n) is 2.70. The smallest absolute Gasteiger partial charge is 0.341 e. The Morgan fingerprint density at radius 2 is 2.09 bits per heavy atom. The van der Waals surface area contributed by atoms with E-state index in [1.807, 2.05) is 0 Å². The molecule has 0 fully saturated rings. The maximum Gasteiger partial charge on any atom is 0.341 e. The summed E-state index contributed by atoms with van der Waals surface area (Å²) in [6, 6.07) is 3.17. The van der Waals surface area contributed by atoms with Gasteiger partial charge >= 0.3 is 5.97 Å². The molecule has 9 nitrogen and oxygen atoms in total. The van der Waals surface area contributed by atoms with Gasteiger partial charge in [-0.15, -0.1) is 0 Å². The number of primary amides is 1. The van der Waals surface area contributed by atoms with Crippen LogP contribution in [0.4, 0.5) is 0 Å². The molecule has 1 aromatic carbocycles. The Hall–Kier alpha value is -2.62. The number of nitrogens with two attached hydrogens (primary N) is 1. The van der Waals surface area contributed by atoms with Crippen molar-refractivity contribution in [1.29, 1.82) is 0 Å². The Kier molecular flexibility index (Phi) is 5.16. The number of amides is 1. The number of halogens is 1. The number of H-pyrrole nitrogens is 1. The number of aliphatic carboxylic acids is 1. The zero-order valence-electron chi connectivity index (χ0n) is 12.0. The Morgan fingerprint density at radius 1 is 1.35 bits per heavy atom. The highest BCUT2D eigenvalue weighted by Gasteiger charge is 2.20. The van der Waals surface area contributed by atoms with Crippen LogP contribution in [-0.2, 0) is 4.79 Å². The van der Waals surface area contributed by atoms with Gasteiger partial charge in [0.2, 0.25) is 0 Å². The van der Waals surface area contributed by atoms with Crippen molar-refractivity contribution >= 4 is 27.8 Å². The van der Waals surface area contributed by atoms with Crippen LogP contribution >= 0.6 is 15.9 Å². The van der Waals surface area contributed by atoms with Gasteiger partial charge < -0.3 is 20.3 Å². The first kappa shape index (κ1) is 16.7. The van der Waals surface area contributed by atoms with E-state index in [0.717, 1.165) is 0 Å². The molecule has 2 aromatic rings. The molecule has 0 aliphatic rings. The topological polar surface area (TPSA) is 140 Å².